The van der Waals surface area contributed by atoms with Gasteiger partial charge in [0.2, 0.25) is 15.9 Å². The highest BCUT2D eigenvalue weighted by atomic mass is 35.5. The van der Waals surface area contributed by atoms with E-state index >= 15 is 0 Å². The molecule has 0 atom stereocenters. The number of carbonyl (C=O) groups excluding carboxylic acids is 1. The predicted molar refractivity (Wildman–Crippen MR) is 101 cm³/mol. The summed E-state index contributed by atoms with van der Waals surface area (Å²) in [5, 5.41) is 5.39. The lowest BCUT2D eigenvalue weighted by molar-refractivity contribution is -0.114. The molecule has 0 bridgehead atoms. The Morgan fingerprint density at radius 1 is 1.15 bits per heavy atom. The first-order valence-corrected chi connectivity index (χ1v) is 9.45. The number of nitrogens with one attached hydrogen (secondary N) is 2. The molecule has 2 rings (SSSR count). The van der Waals surface area contributed by atoms with Crippen LogP contribution in [-0.2, 0) is 14.8 Å². The lowest BCUT2D eigenvalue weighted by Gasteiger charge is -2.15. The highest BCUT2D eigenvalue weighted by Gasteiger charge is 2.20. The molecular formula is C17H19ClFN3O3S. The Bertz CT molecular complexity index is 933. The van der Waals surface area contributed by atoms with Crippen LogP contribution in [0.3, 0.4) is 0 Å². The Morgan fingerprint density at radius 3 is 2.42 bits per heavy atom. The highest BCUT2D eigenvalue weighted by Crippen LogP contribution is 2.22. The van der Waals surface area contributed by atoms with Crippen molar-refractivity contribution in [2.24, 2.45) is 0 Å². The zero-order chi connectivity index (χ0) is 19.5. The number of sulfonamides is 1. The maximum Gasteiger partial charge on any atom is 0.243 e. The van der Waals surface area contributed by atoms with Crippen molar-refractivity contribution in [3.8, 4) is 0 Å². The molecule has 0 unspecified atom stereocenters. The lowest BCUT2D eigenvalue weighted by atomic mass is 10.2. The minimum atomic E-state index is -3.61. The van der Waals surface area contributed by atoms with Crippen molar-refractivity contribution in [2.75, 3.05) is 31.3 Å². The maximum atomic E-state index is 13.1. The minimum Gasteiger partial charge on any atom is -0.376 e. The highest BCUT2D eigenvalue weighted by molar-refractivity contribution is 7.89. The van der Waals surface area contributed by atoms with Crippen molar-refractivity contribution >= 4 is 38.9 Å². The molecule has 0 aliphatic rings. The molecule has 140 valence electrons. The van der Waals surface area contributed by atoms with Gasteiger partial charge in [-0.3, -0.25) is 4.79 Å². The molecule has 9 heteroatoms. The number of amides is 1. The van der Waals surface area contributed by atoms with E-state index in [1.165, 1.54) is 38.4 Å². The van der Waals surface area contributed by atoms with E-state index < -0.39 is 15.8 Å². The summed E-state index contributed by atoms with van der Waals surface area (Å²) in [6, 6.07) is 8.69. The number of hydrogen-bond acceptors (Lipinski definition) is 4. The molecule has 2 aromatic carbocycles. The molecule has 0 saturated heterocycles. The van der Waals surface area contributed by atoms with Gasteiger partial charge < -0.3 is 10.6 Å². The SMILES string of the molecule is Cc1ccc(NC(=O)CNc2ccc(F)c(Cl)c2)cc1S(=O)(=O)N(C)C. The lowest BCUT2D eigenvalue weighted by Crippen LogP contribution is -2.24. The molecule has 0 heterocycles. The van der Waals surface area contributed by atoms with Crippen LogP contribution in [0.15, 0.2) is 41.3 Å². The average molecular weight is 400 g/mol. The van der Waals surface area contributed by atoms with Gasteiger partial charge in [0.05, 0.1) is 16.5 Å². The fourth-order valence-electron chi connectivity index (χ4n) is 2.15. The second-order valence-corrected chi connectivity index (χ2v) is 8.33. The first-order chi connectivity index (χ1) is 12.1. The van der Waals surface area contributed by atoms with Crippen molar-refractivity contribution < 1.29 is 17.6 Å². The molecule has 0 spiro atoms. The van der Waals surface area contributed by atoms with Crippen molar-refractivity contribution in [2.45, 2.75) is 11.8 Å². The van der Waals surface area contributed by atoms with Crippen LogP contribution in [0.2, 0.25) is 5.02 Å². The maximum absolute atomic E-state index is 13.1. The van der Waals surface area contributed by atoms with Crippen molar-refractivity contribution in [3.05, 3.63) is 52.8 Å². The van der Waals surface area contributed by atoms with E-state index in [4.69, 9.17) is 11.6 Å². The monoisotopic (exact) mass is 399 g/mol. The fraction of sp³-hybridized carbons (Fsp3) is 0.235. The van der Waals surface area contributed by atoms with Gasteiger partial charge in [0.1, 0.15) is 5.82 Å². The molecule has 0 saturated carbocycles. The van der Waals surface area contributed by atoms with Gasteiger partial charge in [-0.2, -0.15) is 0 Å². The third-order valence-corrected chi connectivity index (χ3v) is 5.85. The summed E-state index contributed by atoms with van der Waals surface area (Å²) in [7, 11) is -0.729. The number of anilines is 2. The van der Waals surface area contributed by atoms with Crippen molar-refractivity contribution in [1.82, 2.24) is 4.31 Å². The largest absolute Gasteiger partial charge is 0.376 e. The molecule has 2 N–H and O–H groups in total. The fourth-order valence-corrected chi connectivity index (χ4v) is 3.47. The number of hydrogen-bond donors (Lipinski definition) is 2. The van der Waals surface area contributed by atoms with Gasteiger partial charge in [-0.25, -0.2) is 17.1 Å². The van der Waals surface area contributed by atoms with Gasteiger partial charge >= 0.3 is 0 Å². The summed E-state index contributed by atoms with van der Waals surface area (Å²) in [6.45, 7) is 1.59. The second-order valence-electron chi connectivity index (χ2n) is 5.80. The van der Waals surface area contributed by atoms with Crippen LogP contribution in [0.25, 0.3) is 0 Å². The van der Waals surface area contributed by atoms with Gasteiger partial charge in [0.15, 0.2) is 0 Å². The summed E-state index contributed by atoms with van der Waals surface area (Å²) in [4.78, 5) is 12.2. The standard InChI is InChI=1S/C17H19ClFN3O3S/c1-11-4-5-13(9-16(11)26(24,25)22(2)3)21-17(23)10-20-12-6-7-15(19)14(18)8-12/h4-9,20H,10H2,1-3H3,(H,21,23). The quantitative estimate of drug-likeness (QED) is 0.782. The third kappa shape index (κ3) is 4.72. The van der Waals surface area contributed by atoms with E-state index in [2.05, 4.69) is 10.6 Å². The third-order valence-electron chi connectivity index (χ3n) is 3.60. The average Bonchev–Trinajstić information content (AvgIpc) is 2.57. The zero-order valence-corrected chi connectivity index (χ0v) is 16.1. The Hall–Kier alpha value is -2.16. The van der Waals surface area contributed by atoms with Gasteiger partial charge in [-0.05, 0) is 42.8 Å². The van der Waals surface area contributed by atoms with E-state index in [-0.39, 0.29) is 22.4 Å². The van der Waals surface area contributed by atoms with E-state index in [1.54, 1.807) is 19.1 Å². The van der Waals surface area contributed by atoms with Gasteiger partial charge in [0, 0.05) is 25.5 Å². The molecule has 0 aromatic heterocycles. The number of rotatable bonds is 6. The normalized spacial score (nSPS) is 11.5. The van der Waals surface area contributed by atoms with Crippen LogP contribution < -0.4 is 10.6 Å². The van der Waals surface area contributed by atoms with E-state index in [9.17, 15) is 17.6 Å². The van der Waals surface area contributed by atoms with E-state index in [1.807, 2.05) is 0 Å². The molecule has 0 aliphatic heterocycles. The predicted octanol–water partition coefficient (Wildman–Crippen LogP) is 3.09. The first-order valence-electron chi connectivity index (χ1n) is 7.63. The topological polar surface area (TPSA) is 78.5 Å². The summed E-state index contributed by atoms with van der Waals surface area (Å²) >= 11 is 5.68. The summed E-state index contributed by atoms with van der Waals surface area (Å²) in [6.07, 6.45) is 0. The Labute approximate surface area is 157 Å². The van der Waals surface area contributed by atoms with Gasteiger partial charge in [-0.1, -0.05) is 17.7 Å². The number of nitrogens with zero attached hydrogens (tertiary/aromatic N) is 1. The van der Waals surface area contributed by atoms with E-state index in [0.717, 1.165) is 4.31 Å². The Kier molecular flexibility index (Phi) is 6.22. The van der Waals surface area contributed by atoms with E-state index in [0.29, 0.717) is 16.9 Å². The molecule has 1 amide bonds. The molecule has 26 heavy (non-hydrogen) atoms. The Balaban J connectivity index is 2.08. The number of benzene rings is 2. The molecule has 0 fully saturated rings. The smallest absolute Gasteiger partial charge is 0.243 e. The number of halogens is 2. The first kappa shape index (κ1) is 20.2. The van der Waals surface area contributed by atoms with Crippen LogP contribution >= 0.6 is 11.6 Å². The van der Waals surface area contributed by atoms with Crippen molar-refractivity contribution in [3.63, 3.8) is 0 Å². The number of aryl methyl sites for hydroxylation is 1. The summed E-state index contributed by atoms with van der Waals surface area (Å²) < 4.78 is 38.9. The van der Waals surface area contributed by atoms with Gasteiger partial charge in [0.25, 0.3) is 0 Å². The van der Waals surface area contributed by atoms with Gasteiger partial charge in [-0.15, -0.1) is 0 Å². The van der Waals surface area contributed by atoms with Crippen molar-refractivity contribution in [1.29, 1.82) is 0 Å². The Morgan fingerprint density at radius 2 is 1.81 bits per heavy atom. The van der Waals surface area contributed by atoms with Crippen LogP contribution in [0, 0.1) is 12.7 Å². The molecule has 0 aliphatic carbocycles. The molecular weight excluding hydrogens is 381 g/mol. The van der Waals surface area contributed by atoms with Crippen LogP contribution in [0.5, 0.6) is 0 Å². The summed E-state index contributed by atoms with van der Waals surface area (Å²) in [5.41, 5.74) is 1.43. The van der Waals surface area contributed by atoms with Crippen LogP contribution in [0.4, 0.5) is 15.8 Å². The second kappa shape index (κ2) is 8.03. The zero-order valence-electron chi connectivity index (χ0n) is 14.5. The minimum absolute atomic E-state index is 0.0486. The molecule has 6 nitrogen and oxygen atoms in total. The summed E-state index contributed by atoms with van der Waals surface area (Å²) in [5.74, 6) is -0.932. The molecule has 0 radical (unpaired) electrons. The van der Waals surface area contributed by atoms with Crippen LogP contribution in [0.1, 0.15) is 5.56 Å². The molecule has 2 aromatic rings. The van der Waals surface area contributed by atoms with Crippen LogP contribution in [-0.4, -0.2) is 39.3 Å². The number of carbonyl (C=O) groups is 1.